The number of aromatic nitrogens is 2. The van der Waals surface area contributed by atoms with E-state index >= 15 is 0 Å². The van der Waals surface area contributed by atoms with E-state index in [1.807, 2.05) is 12.1 Å². The minimum atomic E-state index is 0.830. The van der Waals surface area contributed by atoms with E-state index in [1.54, 1.807) is 30.2 Å². The fourth-order valence-corrected chi connectivity index (χ4v) is 4.15. The largest absolute Gasteiger partial charge is 0.497 e. The highest BCUT2D eigenvalue weighted by Crippen LogP contribution is 2.28. The van der Waals surface area contributed by atoms with E-state index in [1.165, 1.54) is 11.1 Å². The molecular weight excluding hydrogens is 350 g/mol. The average Bonchev–Trinajstić information content (AvgIpc) is 3.10. The summed E-state index contributed by atoms with van der Waals surface area (Å²) in [7, 11) is 1.68. The van der Waals surface area contributed by atoms with Gasteiger partial charge in [-0.2, -0.15) is 0 Å². The Labute approximate surface area is 156 Å². The lowest BCUT2D eigenvalue weighted by atomic mass is 10.1. The monoisotopic (exact) mass is 371 g/mol. The molecule has 0 radical (unpaired) electrons. The van der Waals surface area contributed by atoms with Crippen molar-refractivity contribution in [1.29, 1.82) is 0 Å². The first-order valence-electron chi connectivity index (χ1n) is 8.22. The Bertz CT molecular complexity index is 785. The molecule has 0 aliphatic rings. The van der Waals surface area contributed by atoms with Gasteiger partial charge >= 0.3 is 0 Å². The first kappa shape index (κ1) is 17.8. The molecule has 1 N–H and O–H groups in total. The third-order valence-electron chi connectivity index (χ3n) is 3.80. The highest BCUT2D eigenvalue weighted by atomic mass is 32.2. The third kappa shape index (κ3) is 5.21. The summed E-state index contributed by atoms with van der Waals surface area (Å²) in [5, 5.41) is 12.6. The van der Waals surface area contributed by atoms with Gasteiger partial charge in [-0.25, -0.2) is 0 Å². The Morgan fingerprint density at radius 1 is 1.00 bits per heavy atom. The number of rotatable bonds is 8. The first-order chi connectivity index (χ1) is 12.3. The summed E-state index contributed by atoms with van der Waals surface area (Å²) < 4.78 is 6.17. The summed E-state index contributed by atoms with van der Waals surface area (Å²) >= 11 is 3.32. The summed E-state index contributed by atoms with van der Waals surface area (Å²) in [6.07, 6.45) is 2.05. The van der Waals surface area contributed by atoms with E-state index in [0.717, 1.165) is 39.5 Å². The van der Waals surface area contributed by atoms with Crippen LogP contribution in [0.15, 0.2) is 52.9 Å². The predicted molar refractivity (Wildman–Crippen MR) is 106 cm³/mol. The van der Waals surface area contributed by atoms with E-state index in [-0.39, 0.29) is 0 Å². The fourth-order valence-electron chi connectivity index (χ4n) is 2.31. The molecule has 0 atom stereocenters. The van der Waals surface area contributed by atoms with E-state index in [9.17, 15) is 0 Å². The molecule has 0 amide bonds. The number of nitrogens with one attached hydrogen (secondary N) is 1. The van der Waals surface area contributed by atoms with Crippen LogP contribution in [0.1, 0.15) is 18.1 Å². The van der Waals surface area contributed by atoms with Crippen molar-refractivity contribution in [2.24, 2.45) is 0 Å². The number of thioether (sulfide) groups is 1. The van der Waals surface area contributed by atoms with Crippen LogP contribution in [0, 0.1) is 0 Å². The molecule has 6 heteroatoms. The fraction of sp³-hybridized carbons (Fsp3) is 0.263. The smallest absolute Gasteiger partial charge is 0.210 e. The highest BCUT2D eigenvalue weighted by molar-refractivity contribution is 8.01. The lowest BCUT2D eigenvalue weighted by Gasteiger charge is -2.03. The Kier molecular flexibility index (Phi) is 6.30. The molecule has 2 aromatic carbocycles. The molecule has 0 saturated heterocycles. The van der Waals surface area contributed by atoms with E-state index in [0.29, 0.717) is 0 Å². The molecule has 0 saturated carbocycles. The maximum absolute atomic E-state index is 5.18. The lowest BCUT2D eigenvalue weighted by Crippen LogP contribution is -1.89. The van der Waals surface area contributed by atoms with Crippen molar-refractivity contribution < 1.29 is 4.74 Å². The van der Waals surface area contributed by atoms with Gasteiger partial charge in [-0.15, -0.1) is 10.2 Å². The zero-order valence-corrected chi connectivity index (χ0v) is 16.0. The van der Waals surface area contributed by atoms with Gasteiger partial charge in [0.1, 0.15) is 5.75 Å². The van der Waals surface area contributed by atoms with Crippen LogP contribution >= 0.6 is 23.1 Å². The summed E-state index contributed by atoms with van der Waals surface area (Å²) in [4.78, 5) is 0. The summed E-state index contributed by atoms with van der Waals surface area (Å²) in [5.74, 6) is 1.87. The van der Waals surface area contributed by atoms with Gasteiger partial charge < -0.3 is 10.1 Å². The van der Waals surface area contributed by atoms with Gasteiger partial charge in [0, 0.05) is 11.4 Å². The summed E-state index contributed by atoms with van der Waals surface area (Å²) in [6.45, 7) is 2.16. The zero-order chi connectivity index (χ0) is 17.5. The number of hydrogen-bond acceptors (Lipinski definition) is 6. The van der Waals surface area contributed by atoms with Gasteiger partial charge in [0.05, 0.1) is 7.11 Å². The molecule has 0 unspecified atom stereocenters. The number of aryl methyl sites for hydroxylation is 2. The minimum absolute atomic E-state index is 0.830. The average molecular weight is 372 g/mol. The van der Waals surface area contributed by atoms with Gasteiger partial charge in [0.15, 0.2) is 4.34 Å². The van der Waals surface area contributed by atoms with Crippen molar-refractivity contribution in [2.75, 3.05) is 18.2 Å². The Morgan fingerprint density at radius 2 is 1.72 bits per heavy atom. The van der Waals surface area contributed by atoms with E-state index < -0.39 is 0 Å². The number of ether oxygens (including phenoxy) is 1. The molecular formula is C19H21N3OS2. The Hall–Kier alpha value is -2.05. The molecule has 0 bridgehead atoms. The number of nitrogens with zero attached hydrogens (tertiary/aromatic N) is 2. The highest BCUT2D eigenvalue weighted by Gasteiger charge is 2.05. The van der Waals surface area contributed by atoms with Gasteiger partial charge in [-0.1, -0.05) is 54.3 Å². The van der Waals surface area contributed by atoms with Gasteiger partial charge in [-0.05, 0) is 48.2 Å². The Balaban J connectivity index is 1.49. The quantitative estimate of drug-likeness (QED) is 0.552. The standard InChI is InChI=1S/C19H21N3OS2/c1-3-14-4-8-16(9-5-14)20-18-21-22-19(25-18)24-13-12-15-6-10-17(23-2)11-7-15/h4-11H,3,12-13H2,1-2H3,(H,20,21). The van der Waals surface area contributed by atoms with Crippen molar-refractivity contribution in [3.05, 3.63) is 59.7 Å². The van der Waals surface area contributed by atoms with Gasteiger partial charge in [0.2, 0.25) is 5.13 Å². The van der Waals surface area contributed by atoms with Crippen LogP contribution in [0.25, 0.3) is 0 Å². The lowest BCUT2D eigenvalue weighted by molar-refractivity contribution is 0.414. The molecule has 4 nitrogen and oxygen atoms in total. The van der Waals surface area contributed by atoms with Crippen LogP contribution in [0.5, 0.6) is 5.75 Å². The van der Waals surface area contributed by atoms with Crippen molar-refractivity contribution in [3.8, 4) is 5.75 Å². The summed E-state index contributed by atoms with van der Waals surface area (Å²) in [5.41, 5.74) is 3.67. The van der Waals surface area contributed by atoms with Crippen LogP contribution in [0.3, 0.4) is 0 Å². The van der Waals surface area contributed by atoms with Crippen LogP contribution < -0.4 is 10.1 Å². The summed E-state index contributed by atoms with van der Waals surface area (Å²) in [6, 6.07) is 16.6. The zero-order valence-electron chi connectivity index (χ0n) is 14.4. The predicted octanol–water partition coefficient (Wildman–Crippen LogP) is 5.19. The molecule has 130 valence electrons. The van der Waals surface area contributed by atoms with Crippen LogP contribution in [-0.4, -0.2) is 23.1 Å². The van der Waals surface area contributed by atoms with E-state index in [4.69, 9.17) is 4.74 Å². The maximum Gasteiger partial charge on any atom is 0.210 e. The van der Waals surface area contributed by atoms with Crippen molar-refractivity contribution in [2.45, 2.75) is 24.1 Å². The number of anilines is 2. The maximum atomic E-state index is 5.18. The van der Waals surface area contributed by atoms with Crippen LogP contribution in [0.4, 0.5) is 10.8 Å². The SMILES string of the molecule is CCc1ccc(Nc2nnc(SCCc3ccc(OC)cc3)s2)cc1. The molecule has 25 heavy (non-hydrogen) atoms. The van der Waals surface area contributed by atoms with Gasteiger partial charge in [-0.3, -0.25) is 0 Å². The van der Waals surface area contributed by atoms with Gasteiger partial charge in [0.25, 0.3) is 0 Å². The second-order valence-electron chi connectivity index (χ2n) is 5.50. The first-order valence-corrected chi connectivity index (χ1v) is 10.0. The minimum Gasteiger partial charge on any atom is -0.497 e. The second kappa shape index (κ2) is 8.87. The van der Waals surface area contributed by atoms with Crippen molar-refractivity contribution in [3.63, 3.8) is 0 Å². The molecule has 1 heterocycles. The molecule has 0 spiro atoms. The molecule has 0 aliphatic carbocycles. The topological polar surface area (TPSA) is 47.0 Å². The molecule has 0 fully saturated rings. The Morgan fingerprint density at radius 3 is 2.40 bits per heavy atom. The second-order valence-corrected chi connectivity index (χ2v) is 7.81. The van der Waals surface area contributed by atoms with Crippen LogP contribution in [0.2, 0.25) is 0 Å². The van der Waals surface area contributed by atoms with Crippen LogP contribution in [-0.2, 0) is 12.8 Å². The molecule has 0 aliphatic heterocycles. The van der Waals surface area contributed by atoms with Crippen molar-refractivity contribution >= 4 is 33.9 Å². The molecule has 1 aromatic heterocycles. The van der Waals surface area contributed by atoms with Crippen molar-refractivity contribution in [1.82, 2.24) is 10.2 Å². The third-order valence-corrected chi connectivity index (χ3v) is 5.77. The number of methoxy groups -OCH3 is 1. The number of hydrogen-bond donors (Lipinski definition) is 1. The number of benzene rings is 2. The van der Waals surface area contributed by atoms with E-state index in [2.05, 4.69) is 58.8 Å². The molecule has 3 rings (SSSR count). The molecule has 3 aromatic rings. The normalized spacial score (nSPS) is 10.6.